The molecular formula is C29H38O9. The lowest BCUT2D eigenvalue weighted by atomic mass is 9.51. The number of aliphatic hydroxyl groups excluding tert-OH is 2. The van der Waals surface area contributed by atoms with Gasteiger partial charge < -0.3 is 33.9 Å². The second-order valence-electron chi connectivity index (χ2n) is 11.5. The van der Waals surface area contributed by atoms with Gasteiger partial charge in [0.05, 0.1) is 30.8 Å². The molecule has 9 heteroatoms. The van der Waals surface area contributed by atoms with E-state index in [1.165, 1.54) is 18.2 Å². The molecule has 3 aliphatic heterocycles. The van der Waals surface area contributed by atoms with Gasteiger partial charge in [-0.05, 0) is 40.0 Å². The fourth-order valence-corrected chi connectivity index (χ4v) is 6.89. The molecule has 9 nitrogen and oxygen atoms in total. The van der Waals surface area contributed by atoms with Crippen LogP contribution in [0.15, 0.2) is 47.6 Å². The molecule has 2 bridgehead atoms. The van der Waals surface area contributed by atoms with Crippen molar-refractivity contribution in [2.75, 3.05) is 19.8 Å². The predicted molar refractivity (Wildman–Crippen MR) is 136 cm³/mol. The van der Waals surface area contributed by atoms with Crippen molar-refractivity contribution >= 4 is 11.9 Å². The van der Waals surface area contributed by atoms with Gasteiger partial charge in [-0.25, -0.2) is 9.59 Å². The van der Waals surface area contributed by atoms with Crippen molar-refractivity contribution < 1.29 is 43.5 Å². The minimum atomic E-state index is -1.11. The number of hydrogen-bond donors (Lipinski definition) is 2. The van der Waals surface area contributed by atoms with Crippen LogP contribution in [0.1, 0.15) is 47.0 Å². The first kappa shape index (κ1) is 27.3. The van der Waals surface area contributed by atoms with Crippen LogP contribution < -0.4 is 0 Å². The molecule has 0 aromatic carbocycles. The number of carbonyl (C=O) groups excluding carboxylic acids is 2. The highest BCUT2D eigenvalue weighted by molar-refractivity contribution is 5.83. The Morgan fingerprint density at radius 3 is 2.53 bits per heavy atom. The summed E-state index contributed by atoms with van der Waals surface area (Å²) in [6.07, 6.45) is 6.92. The Kier molecular flexibility index (Phi) is 7.19. The molecule has 5 rings (SSSR count). The Bertz CT molecular complexity index is 1080. The highest BCUT2D eigenvalue weighted by Gasteiger charge is 2.85. The summed E-state index contributed by atoms with van der Waals surface area (Å²) in [5.41, 5.74) is -0.543. The summed E-state index contributed by atoms with van der Waals surface area (Å²) in [6.45, 7) is 8.14. The van der Waals surface area contributed by atoms with Gasteiger partial charge in [0.15, 0.2) is 0 Å². The molecule has 2 saturated heterocycles. The largest absolute Gasteiger partial charge is 0.462 e. The molecule has 2 spiro atoms. The highest BCUT2D eigenvalue weighted by Crippen LogP contribution is 2.72. The second-order valence-corrected chi connectivity index (χ2v) is 11.5. The lowest BCUT2D eigenvalue weighted by Gasteiger charge is -2.58. The molecule has 208 valence electrons. The van der Waals surface area contributed by atoms with Gasteiger partial charge >= 0.3 is 11.9 Å². The number of rotatable bonds is 1. The number of esters is 2. The molecule has 0 amide bonds. The van der Waals surface area contributed by atoms with Gasteiger partial charge in [-0.3, -0.25) is 0 Å². The summed E-state index contributed by atoms with van der Waals surface area (Å²) in [5.74, 6) is -1.11. The van der Waals surface area contributed by atoms with E-state index in [9.17, 15) is 19.8 Å². The molecule has 3 heterocycles. The Hall–Kier alpha value is -2.30. The number of aliphatic hydroxyl groups is 2. The van der Waals surface area contributed by atoms with Gasteiger partial charge in [-0.15, -0.1) is 0 Å². The van der Waals surface area contributed by atoms with Crippen molar-refractivity contribution in [1.82, 2.24) is 0 Å². The zero-order chi connectivity index (χ0) is 27.3. The molecule has 2 aliphatic carbocycles. The molecule has 0 aromatic rings. The number of hydrogen-bond acceptors (Lipinski definition) is 9. The van der Waals surface area contributed by atoms with Crippen molar-refractivity contribution in [3.63, 3.8) is 0 Å². The Morgan fingerprint density at radius 2 is 1.82 bits per heavy atom. The maximum Gasteiger partial charge on any atom is 0.331 e. The van der Waals surface area contributed by atoms with Crippen molar-refractivity contribution in [2.24, 2.45) is 10.8 Å². The summed E-state index contributed by atoms with van der Waals surface area (Å²) < 4.78 is 30.1. The third-order valence-corrected chi connectivity index (χ3v) is 9.26. The summed E-state index contributed by atoms with van der Waals surface area (Å²) in [7, 11) is 0. The second kappa shape index (κ2) is 10.0. The van der Waals surface area contributed by atoms with Crippen LogP contribution in [0, 0.1) is 10.8 Å². The molecule has 5 aliphatic rings. The average Bonchev–Trinajstić information content (AvgIpc) is 3.64. The normalized spacial score (nSPS) is 47.3. The Labute approximate surface area is 223 Å². The van der Waals surface area contributed by atoms with E-state index < -0.39 is 65.0 Å². The molecular weight excluding hydrogens is 492 g/mol. The van der Waals surface area contributed by atoms with Crippen molar-refractivity contribution in [1.29, 1.82) is 0 Å². The topological polar surface area (TPSA) is 124 Å². The number of epoxide rings is 1. The average molecular weight is 531 g/mol. The number of allylic oxidation sites excluding steroid dienone is 3. The monoisotopic (exact) mass is 530 g/mol. The standard InChI is InChI=1S/C29H38O9/c1-17-9-11-28-15-35-23(32)14-18(2)10-12-34-20(19(3)30)7-5-6-8-22(31)38-25-24(33)26(37-21(28)13-17)29(16-36-29)27(25,28)4/h5-8,13-14,19-21,24-26,30,33H,9-12,15-16H2,1-4H3/b7-5+,8-6-,18-14+. The van der Waals surface area contributed by atoms with Crippen LogP contribution in [0.5, 0.6) is 0 Å². The van der Waals surface area contributed by atoms with Gasteiger partial charge in [0, 0.05) is 17.6 Å². The third-order valence-electron chi connectivity index (χ3n) is 9.26. The summed E-state index contributed by atoms with van der Waals surface area (Å²) in [5, 5.41) is 21.5. The van der Waals surface area contributed by atoms with E-state index in [2.05, 4.69) is 0 Å². The number of cyclic esters (lactones) is 1. The Morgan fingerprint density at radius 1 is 1.05 bits per heavy atom. The van der Waals surface area contributed by atoms with E-state index in [4.69, 9.17) is 23.7 Å². The lowest BCUT2D eigenvalue weighted by molar-refractivity contribution is -0.232. The van der Waals surface area contributed by atoms with Crippen LogP contribution in [-0.2, 0) is 33.3 Å². The number of carbonyl (C=O) groups is 2. The molecule has 9 atom stereocenters. The first-order chi connectivity index (χ1) is 18.0. The lowest BCUT2D eigenvalue weighted by Crippen LogP contribution is -2.66. The summed E-state index contributed by atoms with van der Waals surface area (Å²) in [6, 6.07) is 0. The fraction of sp³-hybridized carbons (Fsp3) is 0.655. The highest BCUT2D eigenvalue weighted by atomic mass is 16.7. The van der Waals surface area contributed by atoms with Crippen molar-refractivity contribution in [3.8, 4) is 0 Å². The van der Waals surface area contributed by atoms with E-state index in [1.54, 1.807) is 19.1 Å². The number of ether oxygens (including phenoxy) is 5. The van der Waals surface area contributed by atoms with Crippen molar-refractivity contribution in [3.05, 3.63) is 47.6 Å². The molecule has 0 aromatic heterocycles. The zero-order valence-electron chi connectivity index (χ0n) is 22.4. The molecule has 3 fully saturated rings. The van der Waals surface area contributed by atoms with Gasteiger partial charge in [0.25, 0.3) is 0 Å². The van der Waals surface area contributed by atoms with E-state index in [0.29, 0.717) is 26.1 Å². The SMILES string of the molecule is CC1=CC2OC3C(O)C4OC(=O)/C=C\C=C\C(C(C)O)OCC/C(C)=C/C(=O)OCC2(CC1)C4(C)C31CO1. The maximum atomic E-state index is 13.0. The zero-order valence-corrected chi connectivity index (χ0v) is 22.4. The van der Waals surface area contributed by atoms with Crippen LogP contribution in [0.3, 0.4) is 0 Å². The van der Waals surface area contributed by atoms with Crippen LogP contribution in [-0.4, -0.2) is 84.2 Å². The minimum absolute atomic E-state index is 0.0261. The molecule has 2 N–H and O–H groups in total. The summed E-state index contributed by atoms with van der Waals surface area (Å²) in [4.78, 5) is 25.9. The fourth-order valence-electron chi connectivity index (χ4n) is 6.89. The smallest absolute Gasteiger partial charge is 0.331 e. The van der Waals surface area contributed by atoms with E-state index in [0.717, 1.165) is 17.6 Å². The molecule has 0 radical (unpaired) electrons. The van der Waals surface area contributed by atoms with Gasteiger partial charge in [0.2, 0.25) is 0 Å². The first-order valence-electron chi connectivity index (χ1n) is 13.4. The van der Waals surface area contributed by atoms with Gasteiger partial charge in [0.1, 0.15) is 36.6 Å². The van der Waals surface area contributed by atoms with E-state index in [-0.39, 0.29) is 6.61 Å². The quantitative estimate of drug-likeness (QED) is 0.299. The van der Waals surface area contributed by atoms with Crippen LogP contribution in [0.4, 0.5) is 0 Å². The van der Waals surface area contributed by atoms with Crippen LogP contribution >= 0.6 is 0 Å². The van der Waals surface area contributed by atoms with Gasteiger partial charge in [-0.2, -0.15) is 0 Å². The van der Waals surface area contributed by atoms with Crippen molar-refractivity contribution in [2.45, 2.75) is 89.2 Å². The molecule has 9 unspecified atom stereocenters. The van der Waals surface area contributed by atoms with E-state index >= 15 is 0 Å². The summed E-state index contributed by atoms with van der Waals surface area (Å²) >= 11 is 0. The third kappa shape index (κ3) is 4.29. The predicted octanol–water partition coefficient (Wildman–Crippen LogP) is 2.31. The van der Waals surface area contributed by atoms with Gasteiger partial charge in [-0.1, -0.05) is 42.4 Å². The Balaban J connectivity index is 1.54. The molecule has 38 heavy (non-hydrogen) atoms. The van der Waals surface area contributed by atoms with Crippen LogP contribution in [0.2, 0.25) is 0 Å². The van der Waals surface area contributed by atoms with E-state index in [1.807, 2.05) is 26.8 Å². The van der Waals surface area contributed by atoms with Crippen LogP contribution in [0.25, 0.3) is 0 Å². The first-order valence-corrected chi connectivity index (χ1v) is 13.4. The minimum Gasteiger partial charge on any atom is -0.462 e. The molecule has 1 saturated carbocycles. The maximum absolute atomic E-state index is 13.0.